The molecule has 0 bridgehead atoms. The zero-order valence-electron chi connectivity index (χ0n) is 19.5. The van der Waals surface area contributed by atoms with E-state index in [9.17, 15) is 26.4 Å². The van der Waals surface area contributed by atoms with Gasteiger partial charge in [0.15, 0.2) is 10.7 Å². The van der Waals surface area contributed by atoms with Crippen molar-refractivity contribution in [2.45, 2.75) is 43.8 Å². The van der Waals surface area contributed by atoms with Crippen molar-refractivity contribution in [1.82, 2.24) is 29.2 Å². The van der Waals surface area contributed by atoms with Gasteiger partial charge in [-0.05, 0) is 18.9 Å². The van der Waals surface area contributed by atoms with Gasteiger partial charge in [0.05, 0.1) is 11.9 Å². The lowest BCUT2D eigenvalue weighted by molar-refractivity contribution is -0.138. The summed E-state index contributed by atoms with van der Waals surface area (Å²) >= 11 is 0.363. The Labute approximate surface area is 209 Å². The highest BCUT2D eigenvalue weighted by molar-refractivity contribution is 7.89. The predicted octanol–water partition coefficient (Wildman–Crippen LogP) is 2.62. The Morgan fingerprint density at radius 3 is 2.44 bits per heavy atom. The van der Waals surface area contributed by atoms with Gasteiger partial charge < -0.3 is 9.80 Å². The number of carbonyl (C=O) groups is 1. The van der Waals surface area contributed by atoms with E-state index in [4.69, 9.17) is 0 Å². The number of anilines is 1. The number of aromatic nitrogens is 4. The van der Waals surface area contributed by atoms with Crippen molar-refractivity contribution in [3.05, 3.63) is 23.5 Å². The van der Waals surface area contributed by atoms with E-state index in [1.54, 1.807) is 4.90 Å². The molecule has 1 saturated heterocycles. The number of rotatable bonds is 6. The molecular weight excluding hydrogens is 519 g/mol. The van der Waals surface area contributed by atoms with Crippen molar-refractivity contribution in [3.63, 3.8) is 0 Å². The van der Waals surface area contributed by atoms with Crippen LogP contribution in [0.25, 0.3) is 16.3 Å². The average molecular weight is 544 g/mol. The van der Waals surface area contributed by atoms with Crippen LogP contribution in [-0.4, -0.2) is 71.0 Å². The van der Waals surface area contributed by atoms with Crippen LogP contribution < -0.4 is 9.62 Å². The number of hydrogen-bond donors (Lipinski definition) is 1. The number of alkyl halides is 3. The first kappa shape index (κ1) is 24.9. The normalized spacial score (nSPS) is 17.4. The minimum absolute atomic E-state index is 0.0298. The fourth-order valence-electron chi connectivity index (χ4n) is 4.05. The topological polar surface area (TPSA) is 113 Å². The van der Waals surface area contributed by atoms with Crippen LogP contribution in [0.2, 0.25) is 0 Å². The fraction of sp³-hybridized carbons (Fsp3) is 0.524. The Kier molecular flexibility index (Phi) is 6.19. The maximum atomic E-state index is 13.1. The summed E-state index contributed by atoms with van der Waals surface area (Å²) in [6, 6.07) is 1.40. The molecule has 1 saturated carbocycles. The van der Waals surface area contributed by atoms with E-state index in [0.717, 1.165) is 12.8 Å². The van der Waals surface area contributed by atoms with Gasteiger partial charge in [-0.25, -0.2) is 18.1 Å². The van der Waals surface area contributed by atoms with E-state index in [1.807, 2.05) is 18.7 Å². The molecule has 3 aromatic heterocycles. The quantitative estimate of drug-likeness (QED) is 0.509. The number of nitrogens with one attached hydrogen (secondary N) is 1. The minimum Gasteiger partial charge on any atom is -0.365 e. The second-order valence-electron chi connectivity index (χ2n) is 9.17. The van der Waals surface area contributed by atoms with Crippen molar-refractivity contribution in [2.75, 3.05) is 31.1 Å². The van der Waals surface area contributed by atoms with Gasteiger partial charge in [0, 0.05) is 44.3 Å². The van der Waals surface area contributed by atoms with Crippen molar-refractivity contribution >= 4 is 38.6 Å². The Bertz CT molecular complexity index is 1410. The number of sulfonamides is 1. The van der Waals surface area contributed by atoms with E-state index < -0.39 is 21.2 Å². The van der Waals surface area contributed by atoms with E-state index in [-0.39, 0.29) is 33.5 Å². The molecule has 2 fully saturated rings. The molecule has 194 valence electrons. The third-order valence-electron chi connectivity index (χ3n) is 6.08. The summed E-state index contributed by atoms with van der Waals surface area (Å²) in [7, 11) is -3.88. The van der Waals surface area contributed by atoms with Gasteiger partial charge in [-0.2, -0.15) is 13.2 Å². The third-order valence-corrected chi connectivity index (χ3v) is 8.56. The summed E-state index contributed by atoms with van der Waals surface area (Å²) in [5.41, 5.74) is 1.09. The number of amides is 1. The second-order valence-corrected chi connectivity index (χ2v) is 11.9. The van der Waals surface area contributed by atoms with E-state index in [2.05, 4.69) is 19.9 Å². The lowest BCUT2D eigenvalue weighted by Crippen LogP contribution is -2.50. The predicted molar refractivity (Wildman–Crippen MR) is 126 cm³/mol. The second kappa shape index (κ2) is 8.95. The summed E-state index contributed by atoms with van der Waals surface area (Å²) < 4.78 is 69.6. The molecule has 36 heavy (non-hydrogen) atoms. The maximum Gasteiger partial charge on any atom is 0.445 e. The Balaban J connectivity index is 1.56. The summed E-state index contributed by atoms with van der Waals surface area (Å²) in [4.78, 5) is 20.5. The van der Waals surface area contributed by atoms with Crippen LogP contribution in [0, 0.1) is 5.92 Å². The van der Waals surface area contributed by atoms with Crippen LogP contribution >= 0.6 is 11.3 Å². The highest BCUT2D eigenvalue weighted by atomic mass is 32.2. The number of imidazole rings is 1. The van der Waals surface area contributed by atoms with Crippen LogP contribution in [0.1, 0.15) is 31.7 Å². The highest BCUT2D eigenvalue weighted by Gasteiger charge is 2.36. The van der Waals surface area contributed by atoms with Gasteiger partial charge in [0.1, 0.15) is 10.6 Å². The first-order valence-corrected chi connectivity index (χ1v) is 13.7. The Morgan fingerprint density at radius 2 is 1.86 bits per heavy atom. The molecule has 1 aliphatic heterocycles. The van der Waals surface area contributed by atoms with Crippen LogP contribution in [0.5, 0.6) is 0 Å². The zero-order valence-corrected chi connectivity index (χ0v) is 21.1. The Morgan fingerprint density at radius 1 is 1.17 bits per heavy atom. The van der Waals surface area contributed by atoms with Crippen molar-refractivity contribution < 1.29 is 26.4 Å². The van der Waals surface area contributed by atoms with Gasteiger partial charge in [0.25, 0.3) is 0 Å². The summed E-state index contributed by atoms with van der Waals surface area (Å²) in [5.74, 6) is -0.0850. The molecule has 0 radical (unpaired) electrons. The van der Waals surface area contributed by atoms with Crippen LogP contribution in [0.4, 0.5) is 18.9 Å². The molecular formula is C21H24F3N7O3S2. The number of carbonyl (C=O) groups excluding carboxylic acids is 1. The highest BCUT2D eigenvalue weighted by Crippen LogP contribution is 2.36. The molecule has 0 spiro atoms. The van der Waals surface area contributed by atoms with Crippen LogP contribution in [-0.2, 0) is 21.0 Å². The van der Waals surface area contributed by atoms with Gasteiger partial charge in [0.2, 0.25) is 20.9 Å². The molecule has 1 aliphatic carbocycles. The summed E-state index contributed by atoms with van der Waals surface area (Å²) in [5, 5.41) is 5.79. The number of pyridine rings is 1. The minimum atomic E-state index is -4.64. The standard InChI is InChI=1S/C21H24F3N7O3S2/c1-12(2)19(32)30-7-5-29(6-8-30)15-9-14(36(33,34)28-13-3-4-13)11-31-16(10-25-17(15)31)18-26-27-20(35-18)21(22,23)24/h9-13,28H,3-8H2,1-2H3. The lowest BCUT2D eigenvalue weighted by atomic mass is 10.1. The first-order chi connectivity index (χ1) is 16.9. The molecule has 5 rings (SSSR count). The third kappa shape index (κ3) is 4.78. The largest absolute Gasteiger partial charge is 0.445 e. The molecule has 0 unspecified atom stereocenters. The smallest absolute Gasteiger partial charge is 0.365 e. The van der Waals surface area contributed by atoms with Gasteiger partial charge in [-0.3, -0.25) is 9.20 Å². The Hall–Kier alpha value is -2.78. The number of halogens is 3. The fourth-order valence-corrected chi connectivity index (χ4v) is 6.08. The van der Waals surface area contributed by atoms with Crippen molar-refractivity contribution in [1.29, 1.82) is 0 Å². The van der Waals surface area contributed by atoms with E-state index in [1.165, 1.54) is 22.9 Å². The number of nitrogens with zero attached hydrogens (tertiary/aromatic N) is 6. The van der Waals surface area contributed by atoms with Gasteiger partial charge in [-0.15, -0.1) is 10.2 Å². The van der Waals surface area contributed by atoms with Crippen molar-refractivity contribution in [2.24, 2.45) is 5.92 Å². The van der Waals surface area contributed by atoms with E-state index in [0.29, 0.717) is 48.9 Å². The van der Waals surface area contributed by atoms with Crippen LogP contribution in [0.3, 0.4) is 0 Å². The molecule has 0 atom stereocenters. The summed E-state index contributed by atoms with van der Waals surface area (Å²) in [6.45, 7) is 5.49. The van der Waals surface area contributed by atoms with Gasteiger partial charge >= 0.3 is 6.18 Å². The first-order valence-electron chi connectivity index (χ1n) is 11.4. The molecule has 15 heteroatoms. The van der Waals surface area contributed by atoms with Crippen LogP contribution in [0.15, 0.2) is 23.4 Å². The monoisotopic (exact) mass is 543 g/mol. The summed E-state index contributed by atoms with van der Waals surface area (Å²) in [6.07, 6.45) is -0.428. The molecule has 3 aromatic rings. The lowest BCUT2D eigenvalue weighted by Gasteiger charge is -2.37. The SMILES string of the molecule is CC(C)C(=O)N1CCN(c2cc(S(=O)(=O)NC3CC3)cn3c(-c4nnc(C(F)(F)F)s4)cnc23)CC1. The van der Waals surface area contributed by atoms with Crippen molar-refractivity contribution in [3.8, 4) is 10.7 Å². The molecule has 10 nitrogen and oxygen atoms in total. The number of hydrogen-bond acceptors (Lipinski definition) is 8. The van der Waals surface area contributed by atoms with Gasteiger partial charge in [-0.1, -0.05) is 25.2 Å². The molecule has 0 aromatic carbocycles. The molecule has 4 heterocycles. The number of fused-ring (bicyclic) bond motifs is 1. The zero-order chi connectivity index (χ0) is 25.8. The number of piperazine rings is 1. The molecule has 1 N–H and O–H groups in total. The van der Waals surface area contributed by atoms with E-state index >= 15 is 0 Å². The maximum absolute atomic E-state index is 13.1. The molecule has 2 aliphatic rings. The average Bonchev–Trinajstić information content (AvgIpc) is 3.31. The molecule has 1 amide bonds.